The third-order valence-electron chi connectivity index (χ3n) is 7.52. The number of halogens is 2. The van der Waals surface area contributed by atoms with Crippen LogP contribution < -0.4 is 15.0 Å². The Kier molecular flexibility index (Phi) is 8.88. The van der Waals surface area contributed by atoms with E-state index < -0.39 is 35.3 Å². The number of hydrogen-bond donors (Lipinski definition) is 2. The number of ether oxygens (including phenoxy) is 2. The van der Waals surface area contributed by atoms with Crippen molar-refractivity contribution in [3.05, 3.63) is 59.2 Å². The fourth-order valence-corrected chi connectivity index (χ4v) is 5.48. The van der Waals surface area contributed by atoms with Crippen LogP contribution in [0.25, 0.3) is 0 Å². The Morgan fingerprint density at radius 3 is 2.50 bits per heavy atom. The molecule has 0 aromatic heterocycles. The quantitative estimate of drug-likeness (QED) is 0.501. The maximum atomic E-state index is 14.1. The number of nitrogens with one attached hydrogen (secondary N) is 1. The van der Waals surface area contributed by atoms with Gasteiger partial charge in [-0.25, -0.2) is 18.4 Å². The van der Waals surface area contributed by atoms with E-state index in [-0.39, 0.29) is 60.2 Å². The van der Waals surface area contributed by atoms with E-state index in [1.54, 1.807) is 4.90 Å². The molecular weight excluding hydrogens is 554 g/mol. The zero-order valence-corrected chi connectivity index (χ0v) is 23.9. The number of carboxylic acid groups (broad SMARTS) is 1. The molecule has 0 aliphatic carbocycles. The van der Waals surface area contributed by atoms with E-state index >= 15 is 0 Å². The lowest BCUT2D eigenvalue weighted by atomic mass is 9.91. The van der Waals surface area contributed by atoms with E-state index in [1.165, 1.54) is 42.0 Å². The van der Waals surface area contributed by atoms with Gasteiger partial charge in [-0.3, -0.25) is 9.59 Å². The van der Waals surface area contributed by atoms with Crippen LogP contribution in [0.5, 0.6) is 5.75 Å². The summed E-state index contributed by atoms with van der Waals surface area (Å²) in [6.07, 6.45) is -0.517. The highest BCUT2D eigenvalue weighted by atomic mass is 19.1. The second-order valence-electron chi connectivity index (χ2n) is 10.7. The first kappa shape index (κ1) is 30.5. The van der Waals surface area contributed by atoms with Gasteiger partial charge in [0.1, 0.15) is 17.4 Å². The average molecular weight is 589 g/mol. The second kappa shape index (κ2) is 12.2. The molecule has 0 saturated carbocycles. The molecule has 13 heteroatoms. The van der Waals surface area contributed by atoms with Gasteiger partial charge in [-0.15, -0.1) is 0 Å². The highest BCUT2D eigenvalue weighted by Crippen LogP contribution is 2.43. The van der Waals surface area contributed by atoms with Gasteiger partial charge in [-0.05, 0) is 63.9 Å². The molecule has 226 valence electrons. The largest absolute Gasteiger partial charge is 0.471 e. The Hall–Kier alpha value is -4.42. The van der Waals surface area contributed by atoms with Crippen LogP contribution in [0, 0.1) is 11.6 Å². The molecule has 4 rings (SSSR count). The van der Waals surface area contributed by atoms with Crippen LogP contribution in [0.2, 0.25) is 0 Å². The van der Waals surface area contributed by atoms with E-state index in [0.29, 0.717) is 25.5 Å². The van der Waals surface area contributed by atoms with Gasteiger partial charge in [-0.1, -0.05) is 0 Å². The fourth-order valence-electron chi connectivity index (χ4n) is 5.48. The molecule has 2 aliphatic heterocycles. The number of carbonyl (C=O) groups excluding carboxylic acids is 3. The molecule has 2 aromatic carbocycles. The van der Waals surface area contributed by atoms with Crippen molar-refractivity contribution >= 4 is 29.7 Å². The molecule has 2 heterocycles. The molecule has 42 heavy (non-hydrogen) atoms. The number of anilines is 1. The highest BCUT2D eigenvalue weighted by Gasteiger charge is 2.47. The number of amides is 4. The zero-order valence-electron chi connectivity index (χ0n) is 23.9. The predicted molar refractivity (Wildman–Crippen MR) is 147 cm³/mol. The van der Waals surface area contributed by atoms with Crippen LogP contribution in [0.15, 0.2) is 36.4 Å². The van der Waals surface area contributed by atoms with Gasteiger partial charge in [-0.2, -0.15) is 0 Å². The Bertz CT molecular complexity index is 1370. The second-order valence-corrected chi connectivity index (χ2v) is 10.7. The van der Waals surface area contributed by atoms with Crippen molar-refractivity contribution in [2.45, 2.75) is 51.3 Å². The van der Waals surface area contributed by atoms with Crippen LogP contribution in [-0.4, -0.2) is 84.3 Å². The number of alkyl carbamates (subject to hydrolysis) is 1. The lowest BCUT2D eigenvalue weighted by molar-refractivity contribution is -0.135. The predicted octanol–water partition coefficient (Wildman–Crippen LogP) is 3.95. The molecule has 4 amide bonds. The summed E-state index contributed by atoms with van der Waals surface area (Å²) in [5, 5.41) is 12.0. The smallest absolute Gasteiger partial charge is 0.407 e. The Morgan fingerprint density at radius 2 is 1.88 bits per heavy atom. The lowest BCUT2D eigenvalue weighted by Gasteiger charge is -2.42. The molecule has 2 atom stereocenters. The summed E-state index contributed by atoms with van der Waals surface area (Å²) in [5.41, 5.74) is -1.41. The number of hydrogen-bond acceptors (Lipinski definition) is 6. The zero-order chi connectivity index (χ0) is 30.8. The number of nitrogens with zero attached hydrogens (tertiary/aromatic N) is 3. The molecule has 1 unspecified atom stereocenters. The minimum absolute atomic E-state index is 0.0329. The normalized spacial score (nSPS) is 20.1. The summed E-state index contributed by atoms with van der Waals surface area (Å²) < 4.78 is 39.0. The fraction of sp³-hybridized carbons (Fsp3) is 0.448. The highest BCUT2D eigenvalue weighted by molar-refractivity contribution is 6.05. The topological polar surface area (TPSA) is 129 Å². The molecule has 11 nitrogen and oxygen atoms in total. The van der Waals surface area contributed by atoms with E-state index in [2.05, 4.69) is 10.1 Å². The SMILES string of the molecule is COC(=O)NCCN1C(=O)C(C)(c2cc(F)cc(F)c2)Oc2ccc(C(=O)N(C(C)C)[C@@H]3CCCN(C(=O)O)C3)cc21. The molecule has 1 fully saturated rings. The van der Waals surface area contributed by atoms with Crippen LogP contribution >= 0.6 is 0 Å². The van der Waals surface area contributed by atoms with Crippen LogP contribution in [0.1, 0.15) is 49.5 Å². The van der Waals surface area contributed by atoms with Crippen molar-refractivity contribution in [3.63, 3.8) is 0 Å². The first-order chi connectivity index (χ1) is 19.8. The number of methoxy groups -OCH3 is 1. The minimum atomic E-state index is -1.82. The summed E-state index contributed by atoms with van der Waals surface area (Å²) >= 11 is 0. The van der Waals surface area contributed by atoms with Gasteiger partial charge in [0.25, 0.3) is 11.8 Å². The third-order valence-corrected chi connectivity index (χ3v) is 7.52. The van der Waals surface area contributed by atoms with Gasteiger partial charge in [0.05, 0.1) is 18.8 Å². The van der Waals surface area contributed by atoms with E-state index in [1.807, 2.05) is 13.8 Å². The molecule has 0 radical (unpaired) electrons. The van der Waals surface area contributed by atoms with E-state index in [4.69, 9.17) is 4.74 Å². The van der Waals surface area contributed by atoms with Gasteiger partial charge >= 0.3 is 12.2 Å². The number of benzene rings is 2. The summed E-state index contributed by atoms with van der Waals surface area (Å²) in [6.45, 7) is 5.55. The first-order valence-corrected chi connectivity index (χ1v) is 13.6. The van der Waals surface area contributed by atoms with Gasteiger partial charge in [0, 0.05) is 49.4 Å². The summed E-state index contributed by atoms with van der Waals surface area (Å²) in [5.74, 6) is -2.60. The molecule has 0 bridgehead atoms. The monoisotopic (exact) mass is 588 g/mol. The number of likely N-dealkylation sites (tertiary alicyclic amines) is 1. The molecule has 0 spiro atoms. The molecule has 2 aliphatic rings. The third kappa shape index (κ3) is 6.09. The summed E-state index contributed by atoms with van der Waals surface area (Å²) in [4.78, 5) is 55.3. The maximum Gasteiger partial charge on any atom is 0.407 e. The standard InChI is InChI=1S/C29H34F2N4O7/c1-17(2)35(22-6-5-10-33(16-22)28(39)40)25(36)18-7-8-24-23(12-18)34(11-9-32-27(38)41-4)26(37)29(3,42-24)19-13-20(30)15-21(31)14-19/h7-8,12-15,17,22H,5-6,9-11,16H2,1-4H3,(H,32,38)(H,39,40)/t22-,29?/m1/s1. The van der Waals surface area contributed by atoms with Crippen LogP contribution in [-0.2, 0) is 15.1 Å². The summed E-state index contributed by atoms with van der Waals surface area (Å²) in [6, 6.07) is 6.65. The first-order valence-electron chi connectivity index (χ1n) is 13.6. The van der Waals surface area contributed by atoms with Crippen molar-refractivity contribution in [1.82, 2.24) is 15.1 Å². The Labute approximate surface area is 242 Å². The molecule has 2 N–H and O–H groups in total. The molecule has 1 saturated heterocycles. The van der Waals surface area contributed by atoms with Crippen molar-refractivity contribution in [3.8, 4) is 5.75 Å². The summed E-state index contributed by atoms with van der Waals surface area (Å²) in [7, 11) is 1.19. The number of fused-ring (bicyclic) bond motifs is 1. The van der Waals surface area contributed by atoms with Crippen LogP contribution in [0.3, 0.4) is 0 Å². The van der Waals surface area contributed by atoms with Crippen molar-refractivity contribution < 1.29 is 42.5 Å². The lowest BCUT2D eigenvalue weighted by Crippen LogP contribution is -2.54. The number of carbonyl (C=O) groups is 4. The van der Waals surface area contributed by atoms with Gasteiger partial charge in [0.2, 0.25) is 5.60 Å². The van der Waals surface area contributed by atoms with Crippen LogP contribution in [0.4, 0.5) is 24.1 Å². The van der Waals surface area contributed by atoms with Gasteiger partial charge in [0.15, 0.2) is 0 Å². The van der Waals surface area contributed by atoms with Crippen molar-refractivity contribution in [2.24, 2.45) is 0 Å². The van der Waals surface area contributed by atoms with Crippen molar-refractivity contribution in [2.75, 3.05) is 38.2 Å². The Balaban J connectivity index is 1.72. The molecule has 2 aromatic rings. The van der Waals surface area contributed by atoms with Crippen molar-refractivity contribution in [1.29, 1.82) is 0 Å². The number of piperidine rings is 1. The molecular formula is C29H34F2N4O7. The van der Waals surface area contributed by atoms with Gasteiger partial charge < -0.3 is 34.6 Å². The minimum Gasteiger partial charge on any atom is -0.471 e. The average Bonchev–Trinajstić information content (AvgIpc) is 2.94. The number of rotatable bonds is 7. The Morgan fingerprint density at radius 1 is 1.19 bits per heavy atom. The van der Waals surface area contributed by atoms with E-state index in [0.717, 1.165) is 12.1 Å². The maximum absolute atomic E-state index is 14.1. The van der Waals surface area contributed by atoms with E-state index in [9.17, 15) is 33.1 Å².